The first-order valence-corrected chi connectivity index (χ1v) is 5.86. The van der Waals surface area contributed by atoms with Gasteiger partial charge in [0.05, 0.1) is 17.6 Å². The van der Waals surface area contributed by atoms with Crippen LogP contribution >= 0.6 is 11.6 Å². The van der Waals surface area contributed by atoms with Gasteiger partial charge in [-0.1, -0.05) is 0 Å². The molecular weight excluding hydrogens is 226 g/mol. The minimum Gasteiger partial charge on any atom is -0.334 e. The average Bonchev–Trinajstić information content (AvgIpc) is 2.71. The van der Waals surface area contributed by atoms with E-state index >= 15 is 0 Å². The van der Waals surface area contributed by atoms with Crippen LogP contribution in [0.5, 0.6) is 0 Å². The fourth-order valence-corrected chi connectivity index (χ4v) is 2.44. The number of halogens is 1. The van der Waals surface area contributed by atoms with E-state index in [4.69, 9.17) is 11.6 Å². The summed E-state index contributed by atoms with van der Waals surface area (Å²) in [6.07, 6.45) is 2.28. The fourth-order valence-electron chi connectivity index (χ4n) is 2.15. The van der Waals surface area contributed by atoms with Gasteiger partial charge < -0.3 is 4.90 Å². The first-order chi connectivity index (χ1) is 7.50. The monoisotopic (exact) mass is 241 g/mol. The van der Waals surface area contributed by atoms with Crippen molar-refractivity contribution < 1.29 is 4.79 Å². The molecule has 1 fully saturated rings. The third kappa shape index (κ3) is 1.82. The van der Waals surface area contributed by atoms with Crippen LogP contribution in [-0.2, 0) is 11.8 Å². The van der Waals surface area contributed by atoms with Crippen LogP contribution in [0.2, 0.25) is 0 Å². The van der Waals surface area contributed by atoms with Gasteiger partial charge in [0.1, 0.15) is 0 Å². The molecule has 0 N–H and O–H groups in total. The molecule has 16 heavy (non-hydrogen) atoms. The van der Waals surface area contributed by atoms with E-state index in [2.05, 4.69) is 5.10 Å². The van der Waals surface area contributed by atoms with E-state index in [0.717, 1.165) is 11.3 Å². The molecule has 0 saturated carbocycles. The maximum absolute atomic E-state index is 11.7. The number of carbonyl (C=O) groups excluding carboxylic acids is 1. The van der Waals surface area contributed by atoms with Crippen molar-refractivity contribution in [3.05, 3.63) is 17.5 Å². The minimum atomic E-state index is -0.0491. The van der Waals surface area contributed by atoms with Gasteiger partial charge in [0.25, 0.3) is 0 Å². The zero-order valence-electron chi connectivity index (χ0n) is 9.77. The molecule has 5 heteroatoms. The summed E-state index contributed by atoms with van der Waals surface area (Å²) in [4.78, 5) is 13.6. The van der Waals surface area contributed by atoms with Gasteiger partial charge >= 0.3 is 0 Å². The van der Waals surface area contributed by atoms with Gasteiger partial charge in [0, 0.05) is 31.3 Å². The van der Waals surface area contributed by atoms with Crippen LogP contribution in [0.1, 0.15) is 30.6 Å². The molecule has 0 spiro atoms. The number of likely N-dealkylation sites (tertiary alicyclic amines) is 1. The highest BCUT2D eigenvalue weighted by Crippen LogP contribution is 2.28. The average molecular weight is 242 g/mol. The molecule has 1 aromatic heterocycles. The number of rotatable bonds is 2. The van der Waals surface area contributed by atoms with Gasteiger partial charge in [-0.3, -0.25) is 9.48 Å². The largest absolute Gasteiger partial charge is 0.334 e. The Labute approximate surface area is 100 Å². The molecule has 1 amide bonds. The number of amides is 1. The predicted octanol–water partition coefficient (Wildman–Crippen LogP) is 1.63. The first-order valence-electron chi connectivity index (χ1n) is 5.42. The summed E-state index contributed by atoms with van der Waals surface area (Å²) in [5.74, 6) is 0.135. The van der Waals surface area contributed by atoms with Crippen molar-refractivity contribution in [2.75, 3.05) is 6.54 Å². The summed E-state index contributed by atoms with van der Waals surface area (Å²) < 4.78 is 1.82. The highest BCUT2D eigenvalue weighted by molar-refractivity contribution is 6.22. The Kier molecular flexibility index (Phi) is 2.93. The molecule has 0 radical (unpaired) electrons. The molecule has 2 rings (SSSR count). The Morgan fingerprint density at radius 2 is 2.31 bits per heavy atom. The zero-order valence-corrected chi connectivity index (χ0v) is 10.5. The van der Waals surface area contributed by atoms with Crippen molar-refractivity contribution in [1.82, 2.24) is 14.7 Å². The summed E-state index contributed by atoms with van der Waals surface area (Å²) in [5, 5.41) is 4.15. The van der Waals surface area contributed by atoms with Crippen LogP contribution in [0.25, 0.3) is 0 Å². The fraction of sp³-hybridized carbons (Fsp3) is 0.636. The molecule has 2 unspecified atom stereocenters. The second-order valence-corrected chi connectivity index (χ2v) is 4.95. The number of aromatic nitrogens is 2. The number of nitrogens with zero attached hydrogens (tertiary/aromatic N) is 3. The first kappa shape index (κ1) is 11.5. The lowest BCUT2D eigenvalue weighted by atomic mass is 10.1. The van der Waals surface area contributed by atoms with Crippen molar-refractivity contribution >= 4 is 17.5 Å². The number of hydrogen-bond acceptors (Lipinski definition) is 2. The summed E-state index contributed by atoms with van der Waals surface area (Å²) >= 11 is 5.99. The normalized spacial score (nSPS) is 22.9. The molecule has 0 aliphatic carbocycles. The van der Waals surface area contributed by atoms with Crippen LogP contribution in [0.3, 0.4) is 0 Å². The van der Waals surface area contributed by atoms with Crippen molar-refractivity contribution in [2.45, 2.75) is 31.7 Å². The Morgan fingerprint density at radius 1 is 1.62 bits per heavy atom. The molecule has 4 nitrogen and oxygen atoms in total. The van der Waals surface area contributed by atoms with Crippen molar-refractivity contribution in [3.63, 3.8) is 0 Å². The third-order valence-electron chi connectivity index (χ3n) is 3.30. The van der Waals surface area contributed by atoms with E-state index in [9.17, 15) is 4.79 Å². The summed E-state index contributed by atoms with van der Waals surface area (Å²) in [6.45, 7) is 4.67. The molecule has 0 aromatic carbocycles. The Hall–Kier alpha value is -1.03. The van der Waals surface area contributed by atoms with Crippen LogP contribution < -0.4 is 0 Å². The summed E-state index contributed by atoms with van der Waals surface area (Å²) in [5.41, 5.74) is 2.19. The maximum atomic E-state index is 11.7. The molecule has 88 valence electrons. The maximum Gasteiger partial charge on any atom is 0.224 e. The molecule has 2 atom stereocenters. The third-order valence-corrected chi connectivity index (χ3v) is 3.59. The minimum absolute atomic E-state index is 0.0491. The van der Waals surface area contributed by atoms with Crippen LogP contribution in [-0.4, -0.2) is 32.5 Å². The second-order valence-electron chi connectivity index (χ2n) is 4.33. The molecule has 1 aliphatic rings. The summed E-state index contributed by atoms with van der Waals surface area (Å²) in [7, 11) is 1.90. The number of carbonyl (C=O) groups is 1. The van der Waals surface area contributed by atoms with E-state index < -0.39 is 0 Å². The smallest absolute Gasteiger partial charge is 0.224 e. The van der Waals surface area contributed by atoms with Crippen molar-refractivity contribution in [2.24, 2.45) is 7.05 Å². The van der Waals surface area contributed by atoms with Gasteiger partial charge in [-0.05, 0) is 13.8 Å². The number of alkyl halides is 1. The zero-order chi connectivity index (χ0) is 11.9. The number of hydrogen-bond donors (Lipinski definition) is 0. The highest BCUT2D eigenvalue weighted by Gasteiger charge is 2.32. The van der Waals surface area contributed by atoms with E-state index in [1.807, 2.05) is 36.7 Å². The SMILES string of the molecule is Cc1c(C(C)N2CC(Cl)CC2=O)cnn1C. The van der Waals surface area contributed by atoms with Crippen molar-refractivity contribution in [3.8, 4) is 0 Å². The lowest BCUT2D eigenvalue weighted by molar-refractivity contribution is -0.129. The lowest BCUT2D eigenvalue weighted by Gasteiger charge is -2.24. The topological polar surface area (TPSA) is 38.1 Å². The molecule has 0 bridgehead atoms. The van der Waals surface area contributed by atoms with Gasteiger partial charge in [0.15, 0.2) is 0 Å². The van der Waals surface area contributed by atoms with Crippen LogP contribution in [0, 0.1) is 6.92 Å². The van der Waals surface area contributed by atoms with Crippen LogP contribution in [0.15, 0.2) is 6.20 Å². The van der Waals surface area contributed by atoms with Gasteiger partial charge in [0.2, 0.25) is 5.91 Å². The van der Waals surface area contributed by atoms with Gasteiger partial charge in [-0.15, -0.1) is 11.6 Å². The molecule has 1 saturated heterocycles. The molecular formula is C11H16ClN3O. The van der Waals surface area contributed by atoms with E-state index in [-0.39, 0.29) is 17.3 Å². The van der Waals surface area contributed by atoms with E-state index in [1.165, 1.54) is 0 Å². The predicted molar refractivity (Wildman–Crippen MR) is 62.3 cm³/mol. The molecule has 1 aliphatic heterocycles. The van der Waals surface area contributed by atoms with Crippen LogP contribution in [0.4, 0.5) is 0 Å². The molecule has 2 heterocycles. The van der Waals surface area contributed by atoms with E-state index in [1.54, 1.807) is 0 Å². The lowest BCUT2D eigenvalue weighted by Crippen LogP contribution is -2.28. The Balaban J connectivity index is 2.22. The molecule has 1 aromatic rings. The summed E-state index contributed by atoms with van der Waals surface area (Å²) in [6, 6.07) is 0.0601. The van der Waals surface area contributed by atoms with E-state index in [0.29, 0.717) is 13.0 Å². The standard InChI is InChI=1S/C11H16ClN3O/c1-7-10(5-13-14(7)3)8(2)15-6-9(12)4-11(15)16/h5,8-9H,4,6H2,1-3H3. The Morgan fingerprint density at radius 3 is 2.75 bits per heavy atom. The quantitative estimate of drug-likeness (QED) is 0.739. The van der Waals surface area contributed by atoms with Crippen molar-refractivity contribution in [1.29, 1.82) is 0 Å². The van der Waals surface area contributed by atoms with Gasteiger partial charge in [-0.2, -0.15) is 5.10 Å². The van der Waals surface area contributed by atoms with Gasteiger partial charge in [-0.25, -0.2) is 0 Å². The number of aryl methyl sites for hydroxylation is 1. The Bertz CT molecular complexity index is 415. The second kappa shape index (κ2) is 4.09. The highest BCUT2D eigenvalue weighted by atomic mass is 35.5.